The van der Waals surface area contributed by atoms with E-state index in [1.165, 1.54) is 12.0 Å². The Bertz CT molecular complexity index is 829. The molecule has 4 rings (SSSR count). The lowest BCUT2D eigenvalue weighted by atomic mass is 9.97. The SMILES string of the molecule is OCc1ccc(CN2CCCC(c3nc(-c4ccccc4)n[nH]3)C2)cc1. The number of H-pyrrole nitrogens is 1. The van der Waals surface area contributed by atoms with Gasteiger partial charge in [-0.05, 0) is 30.5 Å². The highest BCUT2D eigenvalue weighted by Gasteiger charge is 2.24. The van der Waals surface area contributed by atoms with Gasteiger partial charge in [-0.2, -0.15) is 5.10 Å². The number of aliphatic hydroxyl groups excluding tert-OH is 1. The summed E-state index contributed by atoms with van der Waals surface area (Å²) >= 11 is 0. The van der Waals surface area contributed by atoms with Crippen LogP contribution in [-0.4, -0.2) is 38.3 Å². The van der Waals surface area contributed by atoms with Gasteiger partial charge in [-0.15, -0.1) is 0 Å². The molecule has 1 atom stereocenters. The zero-order valence-electron chi connectivity index (χ0n) is 14.8. The van der Waals surface area contributed by atoms with E-state index >= 15 is 0 Å². The molecule has 26 heavy (non-hydrogen) atoms. The minimum Gasteiger partial charge on any atom is -0.392 e. The minimum absolute atomic E-state index is 0.0985. The van der Waals surface area contributed by atoms with E-state index in [4.69, 9.17) is 10.1 Å². The fourth-order valence-corrected chi connectivity index (χ4v) is 3.60. The standard InChI is InChI=1S/C21H24N4O/c26-15-17-10-8-16(9-11-17)13-25-12-4-7-19(14-25)21-22-20(23-24-21)18-5-2-1-3-6-18/h1-3,5-6,8-11,19,26H,4,7,12-15H2,(H,22,23,24). The van der Waals surface area contributed by atoms with Crippen LogP contribution in [0.1, 0.15) is 35.7 Å². The number of hydrogen-bond donors (Lipinski definition) is 2. The fraction of sp³-hybridized carbons (Fsp3) is 0.333. The second kappa shape index (κ2) is 7.81. The van der Waals surface area contributed by atoms with Crippen molar-refractivity contribution < 1.29 is 5.11 Å². The summed E-state index contributed by atoms with van der Waals surface area (Å²) in [7, 11) is 0. The summed E-state index contributed by atoms with van der Waals surface area (Å²) in [5.41, 5.74) is 3.29. The number of nitrogens with one attached hydrogen (secondary N) is 1. The first-order valence-corrected chi connectivity index (χ1v) is 9.20. The molecule has 1 aliphatic heterocycles. The van der Waals surface area contributed by atoms with Crippen LogP contribution in [0.4, 0.5) is 0 Å². The summed E-state index contributed by atoms with van der Waals surface area (Å²) in [5, 5.41) is 16.7. The lowest BCUT2D eigenvalue weighted by Gasteiger charge is -2.31. The van der Waals surface area contributed by atoms with Gasteiger partial charge in [-0.25, -0.2) is 4.98 Å². The van der Waals surface area contributed by atoms with E-state index in [-0.39, 0.29) is 6.61 Å². The van der Waals surface area contributed by atoms with Gasteiger partial charge in [-0.1, -0.05) is 54.6 Å². The van der Waals surface area contributed by atoms with E-state index in [1.807, 2.05) is 42.5 Å². The minimum atomic E-state index is 0.0985. The van der Waals surface area contributed by atoms with Crippen LogP contribution in [0, 0.1) is 0 Å². The Kier molecular flexibility index (Phi) is 5.09. The van der Waals surface area contributed by atoms with E-state index < -0.39 is 0 Å². The van der Waals surface area contributed by atoms with E-state index in [0.717, 1.165) is 48.8 Å². The first-order chi connectivity index (χ1) is 12.8. The maximum absolute atomic E-state index is 9.17. The molecule has 5 heteroatoms. The number of likely N-dealkylation sites (tertiary alicyclic amines) is 1. The van der Waals surface area contributed by atoms with Crippen LogP contribution in [0.2, 0.25) is 0 Å². The normalized spacial score (nSPS) is 18.1. The lowest BCUT2D eigenvalue weighted by molar-refractivity contribution is 0.196. The van der Waals surface area contributed by atoms with Crippen molar-refractivity contribution in [3.63, 3.8) is 0 Å². The summed E-state index contributed by atoms with van der Waals surface area (Å²) in [6.45, 7) is 3.13. The van der Waals surface area contributed by atoms with Crippen LogP contribution in [0.3, 0.4) is 0 Å². The van der Waals surface area contributed by atoms with Gasteiger partial charge in [0.2, 0.25) is 0 Å². The van der Waals surface area contributed by atoms with Crippen molar-refractivity contribution >= 4 is 0 Å². The summed E-state index contributed by atoms with van der Waals surface area (Å²) < 4.78 is 0. The Hall–Kier alpha value is -2.50. The molecule has 0 amide bonds. The smallest absolute Gasteiger partial charge is 0.181 e. The average molecular weight is 348 g/mol. The van der Waals surface area contributed by atoms with Crippen molar-refractivity contribution in [2.45, 2.75) is 31.9 Å². The number of aromatic amines is 1. The third-order valence-corrected chi connectivity index (χ3v) is 5.04. The summed E-state index contributed by atoms with van der Waals surface area (Å²) in [4.78, 5) is 7.23. The predicted octanol–water partition coefficient (Wildman–Crippen LogP) is 3.34. The summed E-state index contributed by atoms with van der Waals surface area (Å²) in [6, 6.07) is 18.3. The summed E-state index contributed by atoms with van der Waals surface area (Å²) in [6.07, 6.45) is 2.31. The van der Waals surface area contributed by atoms with E-state index in [0.29, 0.717) is 5.92 Å². The number of aliphatic hydroxyl groups is 1. The second-order valence-corrected chi connectivity index (χ2v) is 6.96. The molecule has 134 valence electrons. The molecule has 0 spiro atoms. The van der Waals surface area contributed by atoms with Crippen molar-refractivity contribution in [1.82, 2.24) is 20.1 Å². The molecule has 2 aromatic carbocycles. The highest BCUT2D eigenvalue weighted by molar-refractivity contribution is 5.53. The second-order valence-electron chi connectivity index (χ2n) is 6.96. The molecular weight excluding hydrogens is 324 g/mol. The maximum Gasteiger partial charge on any atom is 0.181 e. The molecule has 1 saturated heterocycles. The number of nitrogens with zero attached hydrogens (tertiary/aromatic N) is 3. The number of piperidine rings is 1. The zero-order valence-corrected chi connectivity index (χ0v) is 14.8. The number of benzene rings is 2. The monoisotopic (exact) mass is 348 g/mol. The van der Waals surface area contributed by atoms with Crippen molar-refractivity contribution in [3.05, 3.63) is 71.5 Å². The third-order valence-electron chi connectivity index (χ3n) is 5.04. The predicted molar refractivity (Wildman–Crippen MR) is 101 cm³/mol. The molecule has 2 N–H and O–H groups in total. The van der Waals surface area contributed by atoms with Gasteiger partial charge in [0, 0.05) is 24.6 Å². The van der Waals surface area contributed by atoms with Crippen LogP contribution in [0.15, 0.2) is 54.6 Å². The van der Waals surface area contributed by atoms with Gasteiger partial charge in [0.15, 0.2) is 5.82 Å². The average Bonchev–Trinajstić information content (AvgIpc) is 3.20. The zero-order chi connectivity index (χ0) is 17.8. The molecule has 1 fully saturated rings. The number of rotatable bonds is 5. The van der Waals surface area contributed by atoms with E-state index in [9.17, 15) is 0 Å². The third kappa shape index (κ3) is 3.84. The fourth-order valence-electron chi connectivity index (χ4n) is 3.60. The van der Waals surface area contributed by atoms with Crippen LogP contribution < -0.4 is 0 Å². The molecule has 1 aromatic heterocycles. The molecule has 0 bridgehead atoms. The Morgan fingerprint density at radius 3 is 2.58 bits per heavy atom. The number of hydrogen-bond acceptors (Lipinski definition) is 4. The molecule has 5 nitrogen and oxygen atoms in total. The van der Waals surface area contributed by atoms with Crippen molar-refractivity contribution in [2.75, 3.05) is 13.1 Å². The summed E-state index contributed by atoms with van der Waals surface area (Å²) in [5.74, 6) is 2.16. The van der Waals surface area contributed by atoms with Crippen molar-refractivity contribution in [2.24, 2.45) is 0 Å². The van der Waals surface area contributed by atoms with Gasteiger partial charge in [0.1, 0.15) is 5.82 Å². The maximum atomic E-state index is 9.17. The van der Waals surface area contributed by atoms with Gasteiger partial charge >= 0.3 is 0 Å². The van der Waals surface area contributed by atoms with Gasteiger partial charge in [0.25, 0.3) is 0 Å². The number of aromatic nitrogens is 3. The first kappa shape index (κ1) is 16.9. The molecule has 0 aliphatic carbocycles. The molecule has 2 heterocycles. The molecule has 1 aliphatic rings. The molecule has 3 aromatic rings. The van der Waals surface area contributed by atoms with Crippen LogP contribution in [0.25, 0.3) is 11.4 Å². The molecular formula is C21H24N4O. The Morgan fingerprint density at radius 2 is 1.81 bits per heavy atom. The first-order valence-electron chi connectivity index (χ1n) is 9.20. The van der Waals surface area contributed by atoms with Gasteiger partial charge in [0.05, 0.1) is 6.61 Å². The molecule has 0 radical (unpaired) electrons. The highest BCUT2D eigenvalue weighted by Crippen LogP contribution is 2.27. The van der Waals surface area contributed by atoms with Crippen molar-refractivity contribution in [3.8, 4) is 11.4 Å². The Balaban J connectivity index is 1.42. The van der Waals surface area contributed by atoms with Crippen LogP contribution >= 0.6 is 0 Å². The van der Waals surface area contributed by atoms with Gasteiger partial charge in [-0.3, -0.25) is 10.00 Å². The Labute approximate surface area is 153 Å². The molecule has 0 saturated carbocycles. The topological polar surface area (TPSA) is 65.0 Å². The van der Waals surface area contributed by atoms with Crippen LogP contribution in [-0.2, 0) is 13.2 Å². The highest BCUT2D eigenvalue weighted by atomic mass is 16.3. The lowest BCUT2D eigenvalue weighted by Crippen LogP contribution is -2.34. The quantitative estimate of drug-likeness (QED) is 0.742. The van der Waals surface area contributed by atoms with Crippen LogP contribution in [0.5, 0.6) is 0 Å². The van der Waals surface area contributed by atoms with Crippen molar-refractivity contribution in [1.29, 1.82) is 0 Å². The Morgan fingerprint density at radius 1 is 1.04 bits per heavy atom. The molecule has 1 unspecified atom stereocenters. The van der Waals surface area contributed by atoms with Gasteiger partial charge < -0.3 is 5.11 Å². The largest absolute Gasteiger partial charge is 0.392 e. The van der Waals surface area contributed by atoms with E-state index in [1.54, 1.807) is 0 Å². The van der Waals surface area contributed by atoms with E-state index in [2.05, 4.69) is 27.2 Å².